The van der Waals surface area contributed by atoms with Crippen LogP contribution < -0.4 is 10.6 Å². The summed E-state index contributed by atoms with van der Waals surface area (Å²) < 4.78 is 13.7. The number of aromatic nitrogens is 2. The molecule has 1 heterocycles. The first kappa shape index (κ1) is 17.9. The van der Waals surface area contributed by atoms with Gasteiger partial charge in [0.25, 0.3) is 0 Å². The van der Waals surface area contributed by atoms with E-state index in [0.717, 1.165) is 11.5 Å². The van der Waals surface area contributed by atoms with Crippen molar-refractivity contribution in [3.8, 4) is 0 Å². The second-order valence-electron chi connectivity index (χ2n) is 6.40. The van der Waals surface area contributed by atoms with Crippen LogP contribution in [-0.2, 0) is 6.42 Å². The van der Waals surface area contributed by atoms with E-state index >= 15 is 0 Å². The van der Waals surface area contributed by atoms with Gasteiger partial charge in [0, 0.05) is 18.4 Å². The molecule has 3 aromatic rings. The van der Waals surface area contributed by atoms with E-state index < -0.39 is 0 Å². The number of hydrogen-bond donors (Lipinski definition) is 2. The first-order chi connectivity index (χ1) is 12.6. The highest BCUT2D eigenvalue weighted by Crippen LogP contribution is 2.26. The number of nitrogens with one attached hydrogen (secondary N) is 2. The third-order valence-corrected chi connectivity index (χ3v) is 4.14. The summed E-state index contributed by atoms with van der Waals surface area (Å²) in [7, 11) is 0. The largest absolute Gasteiger partial charge is 0.354 e. The summed E-state index contributed by atoms with van der Waals surface area (Å²) in [6.07, 6.45) is 2.28. The third kappa shape index (κ3) is 4.57. The summed E-state index contributed by atoms with van der Waals surface area (Å²) in [4.78, 5) is 8.73. The molecule has 0 unspecified atom stereocenters. The molecule has 0 saturated carbocycles. The molecule has 0 spiro atoms. The van der Waals surface area contributed by atoms with Crippen molar-refractivity contribution >= 4 is 17.5 Å². The van der Waals surface area contributed by atoms with Crippen LogP contribution in [0, 0.1) is 5.82 Å². The highest BCUT2D eigenvalue weighted by molar-refractivity contribution is 5.61. The molecular formula is C21H23FN4. The van der Waals surface area contributed by atoms with Crippen molar-refractivity contribution < 1.29 is 4.39 Å². The molecule has 26 heavy (non-hydrogen) atoms. The molecule has 4 nitrogen and oxygen atoms in total. The van der Waals surface area contributed by atoms with Gasteiger partial charge >= 0.3 is 0 Å². The summed E-state index contributed by atoms with van der Waals surface area (Å²) >= 11 is 0. The monoisotopic (exact) mass is 350 g/mol. The van der Waals surface area contributed by atoms with Gasteiger partial charge in [-0.1, -0.05) is 50.2 Å². The van der Waals surface area contributed by atoms with E-state index in [1.54, 1.807) is 18.3 Å². The molecule has 1 aromatic heterocycles. The van der Waals surface area contributed by atoms with E-state index in [2.05, 4.69) is 40.5 Å². The number of para-hydroxylation sites is 1. The maximum absolute atomic E-state index is 13.7. The van der Waals surface area contributed by atoms with Crippen LogP contribution in [0.25, 0.3) is 0 Å². The lowest BCUT2D eigenvalue weighted by Gasteiger charge is -2.14. The number of halogens is 1. The number of rotatable bonds is 7. The van der Waals surface area contributed by atoms with Gasteiger partial charge in [0.05, 0.1) is 0 Å². The number of benzene rings is 2. The highest BCUT2D eigenvalue weighted by atomic mass is 19.1. The fourth-order valence-electron chi connectivity index (χ4n) is 2.78. The summed E-state index contributed by atoms with van der Waals surface area (Å²) in [5, 5.41) is 6.52. The Morgan fingerprint density at radius 1 is 1.00 bits per heavy atom. The van der Waals surface area contributed by atoms with Gasteiger partial charge in [0.2, 0.25) is 5.95 Å². The molecule has 0 bridgehead atoms. The molecule has 0 aliphatic rings. The van der Waals surface area contributed by atoms with Gasteiger partial charge in [-0.3, -0.25) is 0 Å². The van der Waals surface area contributed by atoms with Crippen LogP contribution in [0.1, 0.15) is 30.9 Å². The Kier molecular flexibility index (Phi) is 5.79. The molecule has 3 rings (SSSR count). The minimum Gasteiger partial charge on any atom is -0.354 e. The second kappa shape index (κ2) is 8.43. The van der Waals surface area contributed by atoms with E-state index in [0.29, 0.717) is 30.4 Å². The molecule has 2 aromatic carbocycles. The normalized spacial score (nSPS) is 10.8. The molecule has 134 valence electrons. The smallest absolute Gasteiger partial charge is 0.224 e. The summed E-state index contributed by atoms with van der Waals surface area (Å²) in [6, 6.07) is 16.8. The lowest BCUT2D eigenvalue weighted by molar-refractivity contribution is 0.610. The fraction of sp³-hybridized carbons (Fsp3) is 0.238. The van der Waals surface area contributed by atoms with E-state index in [1.165, 1.54) is 11.6 Å². The molecule has 2 N–H and O–H groups in total. The standard InChI is InChI=1S/C21H23FN4/c1-15(2)17-8-4-6-10-19(17)25-20-12-14-24-21(26-20)23-13-11-16-7-3-5-9-18(16)22/h3-10,12,14-15H,11,13H2,1-2H3,(H2,23,24,25,26). The average molecular weight is 350 g/mol. The predicted molar refractivity (Wildman–Crippen MR) is 104 cm³/mol. The highest BCUT2D eigenvalue weighted by Gasteiger charge is 2.07. The van der Waals surface area contributed by atoms with Crippen molar-refractivity contribution in [3.63, 3.8) is 0 Å². The van der Waals surface area contributed by atoms with Crippen molar-refractivity contribution in [2.45, 2.75) is 26.2 Å². The van der Waals surface area contributed by atoms with Crippen LogP contribution in [-0.4, -0.2) is 16.5 Å². The first-order valence-corrected chi connectivity index (χ1v) is 8.80. The van der Waals surface area contributed by atoms with Crippen LogP contribution in [0.2, 0.25) is 0 Å². The fourth-order valence-corrected chi connectivity index (χ4v) is 2.78. The average Bonchev–Trinajstić information content (AvgIpc) is 2.64. The molecule has 0 aliphatic heterocycles. The van der Waals surface area contributed by atoms with Gasteiger partial charge < -0.3 is 10.6 Å². The van der Waals surface area contributed by atoms with E-state index in [-0.39, 0.29) is 5.82 Å². The molecule has 0 fully saturated rings. The zero-order chi connectivity index (χ0) is 18.4. The lowest BCUT2D eigenvalue weighted by atomic mass is 10.0. The minimum absolute atomic E-state index is 0.184. The maximum Gasteiger partial charge on any atom is 0.224 e. The van der Waals surface area contributed by atoms with Crippen molar-refractivity contribution in [1.82, 2.24) is 9.97 Å². The van der Waals surface area contributed by atoms with Crippen molar-refractivity contribution in [2.75, 3.05) is 17.2 Å². The molecule has 0 saturated heterocycles. The van der Waals surface area contributed by atoms with Gasteiger partial charge in [0.1, 0.15) is 11.6 Å². The third-order valence-electron chi connectivity index (χ3n) is 4.14. The van der Waals surface area contributed by atoms with Crippen molar-refractivity contribution in [3.05, 3.63) is 77.7 Å². The zero-order valence-corrected chi connectivity index (χ0v) is 15.0. The number of anilines is 3. The summed E-state index contributed by atoms with van der Waals surface area (Å²) in [6.45, 7) is 4.89. The summed E-state index contributed by atoms with van der Waals surface area (Å²) in [5.41, 5.74) is 2.96. The van der Waals surface area contributed by atoms with Crippen LogP contribution in [0.15, 0.2) is 60.8 Å². The van der Waals surface area contributed by atoms with Crippen LogP contribution in [0.4, 0.5) is 21.8 Å². The Bertz CT molecular complexity index is 864. The minimum atomic E-state index is -0.184. The van der Waals surface area contributed by atoms with E-state index in [1.807, 2.05) is 30.3 Å². The molecule has 0 radical (unpaired) electrons. The summed E-state index contributed by atoms with van der Waals surface area (Å²) in [5.74, 6) is 1.48. The topological polar surface area (TPSA) is 49.8 Å². The van der Waals surface area contributed by atoms with Crippen LogP contribution in [0.5, 0.6) is 0 Å². The zero-order valence-electron chi connectivity index (χ0n) is 15.0. The molecule has 0 aliphatic carbocycles. The van der Waals surface area contributed by atoms with E-state index in [9.17, 15) is 4.39 Å². The van der Waals surface area contributed by atoms with Gasteiger partial charge in [0.15, 0.2) is 0 Å². The Hall–Kier alpha value is -2.95. The lowest BCUT2D eigenvalue weighted by Crippen LogP contribution is -2.09. The van der Waals surface area contributed by atoms with Gasteiger partial charge in [-0.15, -0.1) is 0 Å². The number of hydrogen-bond acceptors (Lipinski definition) is 4. The van der Waals surface area contributed by atoms with E-state index in [4.69, 9.17) is 0 Å². The van der Waals surface area contributed by atoms with Crippen LogP contribution >= 0.6 is 0 Å². The SMILES string of the molecule is CC(C)c1ccccc1Nc1ccnc(NCCc2ccccc2F)n1. The van der Waals surface area contributed by atoms with Crippen LogP contribution in [0.3, 0.4) is 0 Å². The van der Waals surface area contributed by atoms with Gasteiger partial charge in [-0.05, 0) is 41.7 Å². The Labute approximate surface area is 153 Å². The van der Waals surface area contributed by atoms with Gasteiger partial charge in [-0.25, -0.2) is 9.37 Å². The molecular weight excluding hydrogens is 327 g/mol. The van der Waals surface area contributed by atoms with Crippen molar-refractivity contribution in [1.29, 1.82) is 0 Å². The Balaban J connectivity index is 1.64. The second-order valence-corrected chi connectivity index (χ2v) is 6.40. The van der Waals surface area contributed by atoms with Gasteiger partial charge in [-0.2, -0.15) is 4.98 Å². The molecule has 0 atom stereocenters. The molecule has 0 amide bonds. The Morgan fingerprint density at radius 3 is 2.58 bits per heavy atom. The number of nitrogens with zero attached hydrogens (tertiary/aromatic N) is 2. The maximum atomic E-state index is 13.7. The van der Waals surface area contributed by atoms with Crippen molar-refractivity contribution in [2.24, 2.45) is 0 Å². The Morgan fingerprint density at radius 2 is 1.77 bits per heavy atom. The quantitative estimate of drug-likeness (QED) is 0.620. The first-order valence-electron chi connectivity index (χ1n) is 8.80. The molecule has 5 heteroatoms. The predicted octanol–water partition coefficient (Wildman–Crippen LogP) is 5.14.